The zero-order valence-corrected chi connectivity index (χ0v) is 17.1. The Kier molecular flexibility index (Phi) is 5.93. The lowest BCUT2D eigenvalue weighted by atomic mass is 9.89. The topological polar surface area (TPSA) is 61.9 Å². The number of ether oxygens (including phenoxy) is 1. The highest BCUT2D eigenvalue weighted by Gasteiger charge is 2.37. The van der Waals surface area contributed by atoms with Crippen molar-refractivity contribution >= 4 is 11.8 Å². The van der Waals surface area contributed by atoms with Crippen LogP contribution in [-0.2, 0) is 9.59 Å². The average molecular weight is 391 g/mol. The Bertz CT molecular complexity index is 748. The third-order valence-electron chi connectivity index (χ3n) is 5.71. The number of benzene rings is 1. The second-order valence-corrected chi connectivity index (χ2v) is 8.19. The predicted molar refractivity (Wildman–Crippen MR) is 105 cm³/mol. The summed E-state index contributed by atoms with van der Waals surface area (Å²) in [5, 5.41) is 2.85. The van der Waals surface area contributed by atoms with Crippen molar-refractivity contribution in [2.75, 3.05) is 26.2 Å². The van der Waals surface area contributed by atoms with E-state index in [0.29, 0.717) is 36.9 Å². The van der Waals surface area contributed by atoms with Crippen LogP contribution in [0, 0.1) is 5.82 Å². The van der Waals surface area contributed by atoms with Gasteiger partial charge in [0, 0.05) is 37.2 Å². The van der Waals surface area contributed by atoms with Crippen molar-refractivity contribution in [1.29, 1.82) is 0 Å². The molecule has 1 N–H and O–H groups in total. The number of carbonyl (C=O) groups is 2. The van der Waals surface area contributed by atoms with E-state index in [2.05, 4.69) is 24.1 Å². The van der Waals surface area contributed by atoms with Crippen LogP contribution in [0.25, 0.3) is 0 Å². The van der Waals surface area contributed by atoms with Crippen molar-refractivity contribution in [2.45, 2.75) is 58.2 Å². The molecule has 2 aliphatic rings. The maximum atomic E-state index is 13.6. The fourth-order valence-corrected chi connectivity index (χ4v) is 4.28. The van der Waals surface area contributed by atoms with Crippen molar-refractivity contribution in [1.82, 2.24) is 15.1 Å². The highest BCUT2D eigenvalue weighted by Crippen LogP contribution is 2.39. The van der Waals surface area contributed by atoms with Gasteiger partial charge in [0.25, 0.3) is 0 Å². The fraction of sp³-hybridized carbons (Fsp3) is 0.619. The zero-order chi connectivity index (χ0) is 20.5. The van der Waals surface area contributed by atoms with Crippen molar-refractivity contribution < 1.29 is 18.7 Å². The summed E-state index contributed by atoms with van der Waals surface area (Å²) in [6.45, 7) is 11.0. The van der Waals surface area contributed by atoms with E-state index in [4.69, 9.17) is 4.74 Å². The zero-order valence-electron chi connectivity index (χ0n) is 17.1. The van der Waals surface area contributed by atoms with Crippen LogP contribution < -0.4 is 10.1 Å². The van der Waals surface area contributed by atoms with Crippen molar-refractivity contribution in [3.63, 3.8) is 0 Å². The lowest BCUT2D eigenvalue weighted by molar-refractivity contribution is -0.146. The maximum Gasteiger partial charge on any atom is 0.311 e. The molecule has 154 valence electrons. The van der Waals surface area contributed by atoms with Gasteiger partial charge in [-0.05, 0) is 39.4 Å². The quantitative estimate of drug-likeness (QED) is 0.801. The third-order valence-corrected chi connectivity index (χ3v) is 5.71. The first-order chi connectivity index (χ1) is 13.2. The number of likely N-dealkylation sites (N-methyl/N-ethyl adjacent to an activating group) is 1. The lowest BCUT2D eigenvalue weighted by Gasteiger charge is -2.38. The molecule has 0 aromatic heterocycles. The summed E-state index contributed by atoms with van der Waals surface area (Å²) in [7, 11) is 0. The van der Waals surface area contributed by atoms with E-state index in [1.54, 1.807) is 11.0 Å². The number of carbonyl (C=O) groups excluding carboxylic acids is 2. The largest absolute Gasteiger partial charge is 0.487 e. The smallest absolute Gasteiger partial charge is 0.311 e. The van der Waals surface area contributed by atoms with Gasteiger partial charge in [-0.15, -0.1) is 0 Å². The summed E-state index contributed by atoms with van der Waals surface area (Å²) in [4.78, 5) is 29.3. The van der Waals surface area contributed by atoms with Gasteiger partial charge in [-0.1, -0.05) is 19.9 Å². The highest BCUT2D eigenvalue weighted by molar-refractivity contribution is 6.35. The minimum atomic E-state index is -0.613. The molecule has 7 heteroatoms. The average Bonchev–Trinajstić information content (AvgIpc) is 3.10. The molecular weight excluding hydrogens is 361 g/mol. The molecule has 2 aliphatic heterocycles. The number of halogens is 1. The first kappa shape index (κ1) is 20.6. The van der Waals surface area contributed by atoms with Crippen molar-refractivity contribution in [2.24, 2.45) is 0 Å². The molecule has 2 atom stereocenters. The van der Waals surface area contributed by atoms with Crippen LogP contribution >= 0.6 is 0 Å². The standard InChI is InChI=1S/C21H30FN3O3/c1-5-24(6-2)15-9-10-25(13-15)20(27)19(26)23-17-12-21(3,4)28-18-11-14(22)7-8-16(17)18/h7-8,11,15,17H,5-6,9-10,12-13H2,1-4H3,(H,23,26). The van der Waals surface area contributed by atoms with Crippen LogP contribution in [0.2, 0.25) is 0 Å². The van der Waals surface area contributed by atoms with Crippen LogP contribution in [0.15, 0.2) is 18.2 Å². The molecule has 1 fully saturated rings. The Hall–Kier alpha value is -2.15. The fourth-order valence-electron chi connectivity index (χ4n) is 4.28. The number of hydrogen-bond donors (Lipinski definition) is 1. The Morgan fingerprint density at radius 1 is 1.32 bits per heavy atom. The van der Waals surface area contributed by atoms with Crippen LogP contribution in [0.5, 0.6) is 5.75 Å². The molecule has 0 aliphatic carbocycles. The highest BCUT2D eigenvalue weighted by atomic mass is 19.1. The summed E-state index contributed by atoms with van der Waals surface area (Å²) in [5.74, 6) is -1.09. The van der Waals surface area contributed by atoms with Gasteiger partial charge in [-0.2, -0.15) is 0 Å². The minimum absolute atomic E-state index is 0.303. The SMILES string of the molecule is CCN(CC)C1CCN(C(=O)C(=O)NC2CC(C)(C)Oc3cc(F)ccc32)C1. The Balaban J connectivity index is 1.69. The molecule has 0 spiro atoms. The number of likely N-dealkylation sites (tertiary alicyclic amines) is 1. The maximum absolute atomic E-state index is 13.6. The second-order valence-electron chi connectivity index (χ2n) is 8.19. The lowest BCUT2D eigenvalue weighted by Crippen LogP contribution is -2.47. The van der Waals surface area contributed by atoms with E-state index >= 15 is 0 Å². The molecule has 1 aromatic rings. The summed E-state index contributed by atoms with van der Waals surface area (Å²) in [5.41, 5.74) is 0.132. The van der Waals surface area contributed by atoms with Gasteiger partial charge < -0.3 is 15.0 Å². The van der Waals surface area contributed by atoms with Gasteiger partial charge in [-0.25, -0.2) is 4.39 Å². The first-order valence-electron chi connectivity index (χ1n) is 10.1. The van der Waals surface area contributed by atoms with Crippen LogP contribution in [0.4, 0.5) is 4.39 Å². The molecule has 0 radical (unpaired) electrons. The molecule has 1 aromatic carbocycles. The van der Waals surface area contributed by atoms with E-state index in [9.17, 15) is 14.0 Å². The number of nitrogens with one attached hydrogen (secondary N) is 1. The van der Waals surface area contributed by atoms with Crippen LogP contribution in [-0.4, -0.2) is 59.4 Å². The second kappa shape index (κ2) is 8.07. The van der Waals surface area contributed by atoms with Crippen LogP contribution in [0.3, 0.4) is 0 Å². The summed E-state index contributed by atoms with van der Waals surface area (Å²) < 4.78 is 19.4. The Morgan fingerprint density at radius 3 is 2.71 bits per heavy atom. The van der Waals surface area contributed by atoms with Gasteiger partial charge in [0.1, 0.15) is 17.2 Å². The molecule has 28 heavy (non-hydrogen) atoms. The van der Waals surface area contributed by atoms with E-state index in [-0.39, 0.29) is 0 Å². The van der Waals surface area contributed by atoms with Crippen molar-refractivity contribution in [3.05, 3.63) is 29.6 Å². The summed E-state index contributed by atoms with van der Waals surface area (Å²) >= 11 is 0. The first-order valence-corrected chi connectivity index (χ1v) is 10.1. The summed E-state index contributed by atoms with van der Waals surface area (Å²) in [6, 6.07) is 4.19. The van der Waals surface area contributed by atoms with Gasteiger partial charge >= 0.3 is 11.8 Å². The van der Waals surface area contributed by atoms with Gasteiger partial charge in [0.15, 0.2) is 0 Å². The predicted octanol–water partition coefficient (Wildman–Crippen LogP) is 2.49. The molecule has 1 saturated heterocycles. The minimum Gasteiger partial charge on any atom is -0.487 e. The monoisotopic (exact) mass is 391 g/mol. The summed E-state index contributed by atoms with van der Waals surface area (Å²) in [6.07, 6.45) is 1.39. The Morgan fingerprint density at radius 2 is 2.04 bits per heavy atom. The molecule has 0 bridgehead atoms. The molecule has 2 heterocycles. The molecular formula is C21H30FN3O3. The van der Waals surface area contributed by atoms with E-state index in [1.807, 2.05) is 13.8 Å². The molecule has 2 unspecified atom stereocenters. The Labute approximate surface area is 166 Å². The van der Waals surface area contributed by atoms with E-state index in [0.717, 1.165) is 19.5 Å². The van der Waals surface area contributed by atoms with E-state index < -0.39 is 29.3 Å². The van der Waals surface area contributed by atoms with Gasteiger partial charge in [-0.3, -0.25) is 14.5 Å². The molecule has 3 rings (SSSR count). The van der Waals surface area contributed by atoms with E-state index in [1.165, 1.54) is 12.1 Å². The van der Waals surface area contributed by atoms with Crippen molar-refractivity contribution in [3.8, 4) is 5.75 Å². The third kappa shape index (κ3) is 4.29. The molecule has 6 nitrogen and oxygen atoms in total. The number of rotatable bonds is 4. The molecule has 2 amide bonds. The number of fused-ring (bicyclic) bond motifs is 1. The number of nitrogens with zero attached hydrogens (tertiary/aromatic N) is 2. The molecule has 0 saturated carbocycles. The van der Waals surface area contributed by atoms with Crippen LogP contribution in [0.1, 0.15) is 52.1 Å². The number of hydrogen-bond acceptors (Lipinski definition) is 4. The number of amides is 2. The normalized spacial score (nSPS) is 23.3. The van der Waals surface area contributed by atoms with Gasteiger partial charge in [0.2, 0.25) is 0 Å². The van der Waals surface area contributed by atoms with Gasteiger partial charge in [0.05, 0.1) is 6.04 Å².